The second-order valence-corrected chi connectivity index (χ2v) is 5.18. The van der Waals surface area contributed by atoms with Gasteiger partial charge in [-0.3, -0.25) is 0 Å². The Hall–Kier alpha value is 0.630. The van der Waals surface area contributed by atoms with E-state index in [-0.39, 0.29) is 17.0 Å². The lowest BCUT2D eigenvalue weighted by Crippen LogP contribution is -3.00. The van der Waals surface area contributed by atoms with Crippen LogP contribution in [0.5, 0.6) is 0 Å². The van der Waals surface area contributed by atoms with Gasteiger partial charge in [0.15, 0.2) is 0 Å². The van der Waals surface area contributed by atoms with Gasteiger partial charge in [-0.2, -0.15) is 0 Å². The van der Waals surface area contributed by atoms with E-state index in [9.17, 15) is 4.21 Å². The molecule has 0 saturated carbocycles. The minimum absolute atomic E-state index is 0. The van der Waals surface area contributed by atoms with Gasteiger partial charge in [-0.05, 0) is 6.92 Å². The lowest BCUT2D eigenvalue weighted by Gasteiger charge is -1.89. The normalized spacial score (nSPS) is 10.1. The summed E-state index contributed by atoms with van der Waals surface area (Å²) < 4.78 is 10.6. The molecule has 0 amide bonds. The van der Waals surface area contributed by atoms with Gasteiger partial charge < -0.3 is 17.0 Å². The largest absolute Gasteiger partial charge is 1.00 e. The van der Waals surface area contributed by atoms with E-state index in [1.807, 2.05) is 6.92 Å². The average Bonchev–Trinajstić information content (AvgIpc) is 1.35. The summed E-state index contributed by atoms with van der Waals surface area (Å²) in [5.74, 6) is 0.799. The molecular weight excluding hydrogens is 176 g/mol. The van der Waals surface area contributed by atoms with E-state index in [4.69, 9.17) is 0 Å². The third-order valence-electron chi connectivity index (χ3n) is 0.695. The molecule has 1 nitrogen and oxygen atoms in total. The Labute approximate surface area is 56.7 Å². The Morgan fingerprint density at radius 2 is 1.57 bits per heavy atom. The molecule has 0 unspecified atom stereocenters. The first-order valence-electron chi connectivity index (χ1n) is 1.98. The van der Waals surface area contributed by atoms with Crippen molar-refractivity contribution >= 4 is 9.93 Å². The van der Waals surface area contributed by atoms with Crippen LogP contribution < -0.4 is 17.0 Å². The van der Waals surface area contributed by atoms with Gasteiger partial charge in [-0.25, -0.2) is 0 Å². The first-order chi connectivity index (χ1) is 2.56. The van der Waals surface area contributed by atoms with Gasteiger partial charge in [0.25, 0.3) is 0 Å². The molecule has 0 heterocycles. The molecule has 0 aromatic heterocycles. The van der Waals surface area contributed by atoms with Crippen LogP contribution in [0.25, 0.3) is 0 Å². The number of rotatable bonds is 1. The van der Waals surface area contributed by atoms with Crippen molar-refractivity contribution in [2.45, 2.75) is 6.92 Å². The minimum atomic E-state index is -1.41. The molecule has 0 N–H and O–H groups in total. The van der Waals surface area contributed by atoms with Gasteiger partial charge in [0.05, 0.1) is 9.93 Å². The Kier molecular flexibility index (Phi) is 5.46. The Morgan fingerprint density at radius 1 is 1.43 bits per heavy atom. The number of halogens is 1. The highest BCUT2D eigenvalue weighted by Gasteiger charge is 2.04. The smallest absolute Gasteiger partial charge is 0.108 e. The molecule has 0 rings (SSSR count). The maximum absolute atomic E-state index is 10.6. The van der Waals surface area contributed by atoms with Crippen molar-refractivity contribution in [3.8, 4) is 0 Å². The van der Waals surface area contributed by atoms with Gasteiger partial charge in [0.1, 0.15) is 18.3 Å². The fourth-order valence-corrected chi connectivity index (χ4v) is 0. The summed E-state index contributed by atoms with van der Waals surface area (Å²) in [5.41, 5.74) is 0. The van der Waals surface area contributed by atoms with Crippen molar-refractivity contribution in [2.24, 2.45) is 0 Å². The SMILES string of the molecule is CC[S+](C)(C)=O.[Br-]. The third kappa shape index (κ3) is 10.8. The van der Waals surface area contributed by atoms with Gasteiger partial charge in [0, 0.05) is 0 Å². The highest BCUT2D eigenvalue weighted by Crippen LogP contribution is 1.88. The van der Waals surface area contributed by atoms with Crippen LogP contribution in [0.2, 0.25) is 0 Å². The van der Waals surface area contributed by atoms with Crippen LogP contribution in [0.3, 0.4) is 0 Å². The van der Waals surface area contributed by atoms with E-state index < -0.39 is 9.93 Å². The molecule has 0 atom stereocenters. The molecule has 0 aliphatic heterocycles. The molecule has 3 heteroatoms. The van der Waals surface area contributed by atoms with Crippen LogP contribution in [-0.2, 0) is 14.1 Å². The fourth-order valence-electron chi connectivity index (χ4n) is 0. The maximum atomic E-state index is 10.6. The van der Waals surface area contributed by atoms with Crippen molar-refractivity contribution in [3.63, 3.8) is 0 Å². The summed E-state index contributed by atoms with van der Waals surface area (Å²) in [6, 6.07) is 0. The van der Waals surface area contributed by atoms with E-state index in [0.717, 1.165) is 5.75 Å². The topological polar surface area (TPSA) is 17.1 Å². The van der Waals surface area contributed by atoms with Crippen molar-refractivity contribution in [2.75, 3.05) is 18.3 Å². The lowest BCUT2D eigenvalue weighted by molar-refractivity contribution is -0.00000292. The summed E-state index contributed by atoms with van der Waals surface area (Å²) in [4.78, 5) is 0. The van der Waals surface area contributed by atoms with Gasteiger partial charge in [-0.1, -0.05) is 0 Å². The van der Waals surface area contributed by atoms with Crippen molar-refractivity contribution in [1.29, 1.82) is 0 Å². The quantitative estimate of drug-likeness (QED) is 0.424. The molecule has 0 aliphatic carbocycles. The molecule has 46 valence electrons. The predicted molar refractivity (Wildman–Crippen MR) is 30.4 cm³/mol. The molecule has 0 radical (unpaired) electrons. The molecule has 0 fully saturated rings. The van der Waals surface area contributed by atoms with Crippen LogP contribution in [0.1, 0.15) is 6.92 Å². The summed E-state index contributed by atoms with van der Waals surface area (Å²) in [5, 5.41) is 0. The van der Waals surface area contributed by atoms with Crippen molar-refractivity contribution < 1.29 is 21.2 Å². The zero-order valence-electron chi connectivity index (χ0n) is 4.90. The molecular formula is C4H11BrOS. The summed E-state index contributed by atoms with van der Waals surface area (Å²) in [6.45, 7) is 1.93. The zero-order chi connectivity index (χ0) is 5.21. The van der Waals surface area contributed by atoms with E-state index in [1.165, 1.54) is 0 Å². The summed E-state index contributed by atoms with van der Waals surface area (Å²) in [6.07, 6.45) is 3.54. The predicted octanol–water partition coefficient (Wildman–Crippen LogP) is -2.23. The van der Waals surface area contributed by atoms with Gasteiger partial charge in [-0.15, -0.1) is 4.21 Å². The molecule has 7 heavy (non-hydrogen) atoms. The summed E-state index contributed by atoms with van der Waals surface area (Å²) in [7, 11) is -1.41. The van der Waals surface area contributed by atoms with Crippen LogP contribution in [0.4, 0.5) is 0 Å². The minimum Gasteiger partial charge on any atom is -1.00 e. The Bertz CT molecular complexity index is 75.8. The third-order valence-corrected chi connectivity index (χ3v) is 2.09. The van der Waals surface area contributed by atoms with Crippen LogP contribution in [0.15, 0.2) is 0 Å². The molecule has 0 saturated heterocycles. The van der Waals surface area contributed by atoms with Crippen molar-refractivity contribution in [1.82, 2.24) is 0 Å². The van der Waals surface area contributed by atoms with Crippen LogP contribution in [0, 0.1) is 0 Å². The zero-order valence-corrected chi connectivity index (χ0v) is 7.30. The van der Waals surface area contributed by atoms with E-state index >= 15 is 0 Å². The second kappa shape index (κ2) is 3.61. The Balaban J connectivity index is 0. The van der Waals surface area contributed by atoms with E-state index in [0.29, 0.717) is 0 Å². The highest BCUT2D eigenvalue weighted by atomic mass is 79.9. The highest BCUT2D eigenvalue weighted by molar-refractivity contribution is 8.01. The number of hydrogen-bond donors (Lipinski definition) is 0. The Morgan fingerprint density at radius 3 is 1.57 bits per heavy atom. The molecule has 0 aromatic carbocycles. The first kappa shape index (κ1) is 10.6. The van der Waals surface area contributed by atoms with Crippen LogP contribution >= 0.6 is 0 Å². The van der Waals surface area contributed by atoms with Gasteiger partial charge >= 0.3 is 0 Å². The standard InChI is InChI=1S/C4H11OS.BrH/c1-4-6(2,3)5;/h4H2,1-3H3;1H/q+1;/p-1. The van der Waals surface area contributed by atoms with Crippen LogP contribution in [-0.4, -0.2) is 18.3 Å². The molecule has 0 bridgehead atoms. The maximum Gasteiger partial charge on any atom is 0.108 e. The van der Waals surface area contributed by atoms with E-state index in [2.05, 4.69) is 0 Å². The van der Waals surface area contributed by atoms with Gasteiger partial charge in [0.2, 0.25) is 0 Å². The van der Waals surface area contributed by atoms with E-state index in [1.54, 1.807) is 12.5 Å². The molecule has 0 spiro atoms. The number of hydrogen-bond acceptors (Lipinski definition) is 1. The lowest BCUT2D eigenvalue weighted by atomic mass is 11.0. The van der Waals surface area contributed by atoms with Crippen molar-refractivity contribution in [3.05, 3.63) is 0 Å². The monoisotopic (exact) mass is 186 g/mol. The average molecular weight is 187 g/mol. The second-order valence-electron chi connectivity index (χ2n) is 1.73. The first-order valence-corrected chi connectivity index (χ1v) is 4.52. The summed E-state index contributed by atoms with van der Waals surface area (Å²) >= 11 is 0. The fraction of sp³-hybridized carbons (Fsp3) is 1.00. The molecule has 0 aliphatic rings. The molecule has 0 aromatic rings.